The van der Waals surface area contributed by atoms with Crippen molar-refractivity contribution in [3.05, 3.63) is 53.1 Å². The van der Waals surface area contributed by atoms with Crippen molar-refractivity contribution in [1.29, 1.82) is 0 Å². The smallest absolute Gasteiger partial charge is 0.337 e. The lowest BCUT2D eigenvalue weighted by atomic mass is 10.2. The van der Waals surface area contributed by atoms with Gasteiger partial charge >= 0.3 is 5.97 Å². The molecule has 2 aromatic carbocycles. The Hall–Kier alpha value is -3.57. The molecule has 0 aliphatic rings. The highest BCUT2D eigenvalue weighted by Crippen LogP contribution is 2.34. The van der Waals surface area contributed by atoms with Gasteiger partial charge in [-0.3, -0.25) is 0 Å². The van der Waals surface area contributed by atoms with Gasteiger partial charge in [0, 0.05) is 0 Å². The zero-order chi connectivity index (χ0) is 25.0. The van der Waals surface area contributed by atoms with Crippen LogP contribution in [0.15, 0.2) is 47.4 Å². The van der Waals surface area contributed by atoms with Crippen LogP contribution in [0.25, 0.3) is 0 Å². The zero-order valence-corrected chi connectivity index (χ0v) is 20.5. The van der Waals surface area contributed by atoms with Crippen LogP contribution in [0, 0.1) is 0 Å². The molecule has 0 amide bonds. The number of sulfone groups is 1. The van der Waals surface area contributed by atoms with Crippen molar-refractivity contribution < 1.29 is 22.7 Å². The number of nitrogens with zero attached hydrogens (tertiary/aromatic N) is 2. The van der Waals surface area contributed by atoms with Crippen LogP contribution in [0.3, 0.4) is 0 Å². The summed E-state index contributed by atoms with van der Waals surface area (Å²) < 4.78 is 35.6. The van der Waals surface area contributed by atoms with E-state index in [9.17, 15) is 13.2 Å². The number of esters is 1. The van der Waals surface area contributed by atoms with E-state index in [-0.39, 0.29) is 27.5 Å². The van der Waals surface area contributed by atoms with Gasteiger partial charge in [0.15, 0.2) is 15.7 Å². The van der Waals surface area contributed by atoms with E-state index in [0.717, 1.165) is 0 Å². The maximum atomic E-state index is 12.8. The molecule has 180 valence electrons. The number of rotatable bonds is 8. The van der Waals surface area contributed by atoms with Crippen LogP contribution < -0.4 is 21.1 Å². The summed E-state index contributed by atoms with van der Waals surface area (Å²) in [4.78, 5) is 20.4. The van der Waals surface area contributed by atoms with Crippen LogP contribution in [-0.4, -0.2) is 43.8 Å². The monoisotopic (exact) mass is 505 g/mol. The fourth-order valence-corrected chi connectivity index (χ4v) is 4.30. The SMILES string of the molecule is COC(=O)c1ccc(Nc2nc(N)c(Cl)c(Nc3ccccc3S(=O)(=O)C(C)C)n2)c(OC)c1. The van der Waals surface area contributed by atoms with Crippen molar-refractivity contribution in [2.75, 3.05) is 30.6 Å². The number of carbonyl (C=O) groups is 1. The molecule has 0 aliphatic carbocycles. The van der Waals surface area contributed by atoms with Crippen LogP contribution in [0.1, 0.15) is 24.2 Å². The summed E-state index contributed by atoms with van der Waals surface area (Å²) in [5, 5.41) is 5.32. The maximum Gasteiger partial charge on any atom is 0.337 e. The Kier molecular flexibility index (Phi) is 7.48. The lowest BCUT2D eigenvalue weighted by Gasteiger charge is -2.16. The molecule has 0 unspecified atom stereocenters. The van der Waals surface area contributed by atoms with Crippen molar-refractivity contribution in [1.82, 2.24) is 9.97 Å². The van der Waals surface area contributed by atoms with E-state index in [2.05, 4.69) is 20.6 Å². The molecular weight excluding hydrogens is 482 g/mol. The Morgan fingerprint density at radius 1 is 1.06 bits per heavy atom. The van der Waals surface area contributed by atoms with E-state index in [0.29, 0.717) is 22.7 Å². The van der Waals surface area contributed by atoms with Gasteiger partial charge in [-0.1, -0.05) is 23.7 Å². The fourth-order valence-electron chi connectivity index (χ4n) is 2.96. The summed E-state index contributed by atoms with van der Waals surface area (Å²) in [7, 11) is -0.858. The molecule has 0 spiro atoms. The number of benzene rings is 2. The maximum absolute atomic E-state index is 12.8. The lowest BCUT2D eigenvalue weighted by Crippen LogP contribution is -2.16. The van der Waals surface area contributed by atoms with E-state index < -0.39 is 21.1 Å². The van der Waals surface area contributed by atoms with Gasteiger partial charge < -0.3 is 25.8 Å². The number of methoxy groups -OCH3 is 2. The predicted molar refractivity (Wildman–Crippen MR) is 131 cm³/mol. The van der Waals surface area contributed by atoms with Crippen molar-refractivity contribution in [2.45, 2.75) is 24.0 Å². The standard InChI is InChI=1S/C22H24ClN5O5S/c1-12(2)34(30,31)17-8-6-5-7-15(17)25-20-18(23)19(24)27-22(28-20)26-14-10-9-13(21(29)33-4)11-16(14)32-3/h5-12H,1-4H3,(H4,24,25,26,27,28). The third-order valence-electron chi connectivity index (χ3n) is 4.81. The minimum absolute atomic E-state index is 0.0234. The number of nitrogen functional groups attached to an aromatic ring is 1. The van der Waals surface area contributed by atoms with Gasteiger partial charge in [-0.15, -0.1) is 0 Å². The van der Waals surface area contributed by atoms with Crippen LogP contribution in [0.5, 0.6) is 5.75 Å². The molecule has 34 heavy (non-hydrogen) atoms. The predicted octanol–water partition coefficient (Wildman–Crippen LogP) is 4.18. The number of hydrogen-bond donors (Lipinski definition) is 3. The summed E-state index contributed by atoms with van der Waals surface area (Å²) in [6.07, 6.45) is 0. The molecule has 3 rings (SSSR count). The van der Waals surface area contributed by atoms with Crippen LogP contribution >= 0.6 is 11.6 Å². The largest absolute Gasteiger partial charge is 0.495 e. The zero-order valence-electron chi connectivity index (χ0n) is 18.9. The second-order valence-electron chi connectivity index (χ2n) is 7.34. The van der Waals surface area contributed by atoms with Crippen molar-refractivity contribution >= 4 is 56.4 Å². The minimum atomic E-state index is -3.58. The molecule has 3 aromatic rings. The number of carbonyl (C=O) groups excluding carboxylic acids is 1. The normalized spacial score (nSPS) is 11.2. The Morgan fingerprint density at radius 3 is 2.41 bits per heavy atom. The second-order valence-corrected chi connectivity index (χ2v) is 10.2. The van der Waals surface area contributed by atoms with E-state index >= 15 is 0 Å². The number of hydrogen-bond acceptors (Lipinski definition) is 10. The number of nitrogens with two attached hydrogens (primary N) is 1. The molecule has 0 bridgehead atoms. The molecule has 0 fully saturated rings. The third kappa shape index (κ3) is 5.15. The first-order valence-corrected chi connectivity index (χ1v) is 12.0. The average Bonchev–Trinajstić information content (AvgIpc) is 2.82. The number of nitrogens with one attached hydrogen (secondary N) is 2. The Balaban J connectivity index is 1.99. The topological polar surface area (TPSA) is 146 Å². The Morgan fingerprint density at radius 2 is 1.76 bits per heavy atom. The van der Waals surface area contributed by atoms with Gasteiger partial charge in [0.25, 0.3) is 0 Å². The molecule has 1 aromatic heterocycles. The van der Waals surface area contributed by atoms with Gasteiger partial charge in [-0.2, -0.15) is 9.97 Å². The quantitative estimate of drug-likeness (QED) is 0.381. The van der Waals surface area contributed by atoms with E-state index in [1.165, 1.54) is 26.4 Å². The number of halogens is 1. The summed E-state index contributed by atoms with van der Waals surface area (Å²) in [5.41, 5.74) is 7.02. The van der Waals surface area contributed by atoms with Crippen molar-refractivity contribution in [3.63, 3.8) is 0 Å². The first-order chi connectivity index (χ1) is 16.1. The van der Waals surface area contributed by atoms with E-state index in [4.69, 9.17) is 26.8 Å². The Labute approximate surface area is 202 Å². The third-order valence-corrected chi connectivity index (χ3v) is 7.40. The van der Waals surface area contributed by atoms with Gasteiger partial charge in [-0.05, 0) is 44.2 Å². The number of ether oxygens (including phenoxy) is 2. The summed E-state index contributed by atoms with van der Waals surface area (Å²) in [6.45, 7) is 3.20. The molecule has 0 atom stereocenters. The minimum Gasteiger partial charge on any atom is -0.495 e. The first-order valence-electron chi connectivity index (χ1n) is 10.0. The first kappa shape index (κ1) is 25.1. The molecule has 0 radical (unpaired) electrons. The van der Waals surface area contributed by atoms with Gasteiger partial charge in [0.1, 0.15) is 16.6 Å². The van der Waals surface area contributed by atoms with Crippen LogP contribution in [-0.2, 0) is 14.6 Å². The molecule has 4 N–H and O–H groups in total. The van der Waals surface area contributed by atoms with Gasteiger partial charge in [0.05, 0.1) is 41.3 Å². The molecule has 10 nitrogen and oxygen atoms in total. The Bertz CT molecular complexity index is 1330. The average molecular weight is 506 g/mol. The highest BCUT2D eigenvalue weighted by atomic mass is 35.5. The molecule has 0 saturated carbocycles. The van der Waals surface area contributed by atoms with Crippen molar-refractivity contribution in [2.24, 2.45) is 0 Å². The lowest BCUT2D eigenvalue weighted by molar-refractivity contribution is 0.0600. The van der Waals surface area contributed by atoms with Crippen LogP contribution in [0.2, 0.25) is 5.02 Å². The van der Waals surface area contributed by atoms with E-state index in [1.807, 2.05) is 0 Å². The second kappa shape index (κ2) is 10.1. The summed E-state index contributed by atoms with van der Waals surface area (Å²) in [6, 6.07) is 11.1. The number of aromatic nitrogens is 2. The molecule has 0 aliphatic heterocycles. The molecular formula is C22H24ClN5O5S. The van der Waals surface area contributed by atoms with Gasteiger partial charge in [-0.25, -0.2) is 13.2 Å². The number of para-hydroxylation sites is 1. The fraction of sp³-hybridized carbons (Fsp3) is 0.227. The number of anilines is 5. The van der Waals surface area contributed by atoms with E-state index in [1.54, 1.807) is 44.2 Å². The molecule has 0 saturated heterocycles. The van der Waals surface area contributed by atoms with Crippen molar-refractivity contribution in [3.8, 4) is 5.75 Å². The molecule has 1 heterocycles. The van der Waals surface area contributed by atoms with Gasteiger partial charge in [0.2, 0.25) is 5.95 Å². The summed E-state index contributed by atoms with van der Waals surface area (Å²) >= 11 is 6.31. The summed E-state index contributed by atoms with van der Waals surface area (Å²) in [5.74, 6) is -0.0387. The molecule has 12 heteroatoms. The highest BCUT2D eigenvalue weighted by Gasteiger charge is 2.23. The van der Waals surface area contributed by atoms with Crippen LogP contribution in [0.4, 0.5) is 29.0 Å². The highest BCUT2D eigenvalue weighted by molar-refractivity contribution is 7.92.